The van der Waals surface area contributed by atoms with E-state index in [0.717, 1.165) is 19.7 Å². The number of likely N-dealkylation sites (tertiary alicyclic amines) is 1. The van der Waals surface area contributed by atoms with Gasteiger partial charge in [-0.05, 0) is 12.8 Å². The number of ether oxygens (including phenoxy) is 1. The van der Waals surface area contributed by atoms with Crippen molar-refractivity contribution in [1.29, 1.82) is 0 Å². The summed E-state index contributed by atoms with van der Waals surface area (Å²) in [5.74, 6) is 0. The molecule has 2 N–H and O–H groups in total. The molecule has 3 heteroatoms. The summed E-state index contributed by atoms with van der Waals surface area (Å²) in [4.78, 5) is 2.21. The number of nitrogens with zero attached hydrogens (tertiary/aromatic N) is 1. The van der Waals surface area contributed by atoms with Crippen LogP contribution in [-0.4, -0.2) is 36.9 Å². The van der Waals surface area contributed by atoms with E-state index in [-0.39, 0.29) is 5.60 Å². The third kappa shape index (κ3) is 0.856. The number of hydrogen-bond donors (Lipinski definition) is 1. The Balaban J connectivity index is 1.86. The molecule has 0 saturated carbocycles. The highest BCUT2D eigenvalue weighted by Gasteiger charge is 2.45. The lowest BCUT2D eigenvalue weighted by Crippen LogP contribution is -2.62. The van der Waals surface area contributed by atoms with Crippen LogP contribution in [0.5, 0.6) is 0 Å². The highest BCUT2D eigenvalue weighted by Crippen LogP contribution is 2.33. The fraction of sp³-hybridized carbons (Fsp3) is 1.00. The van der Waals surface area contributed by atoms with Gasteiger partial charge in [-0.3, -0.25) is 4.90 Å². The summed E-state index contributed by atoms with van der Waals surface area (Å²) in [5, 5.41) is 0. The van der Waals surface area contributed by atoms with Gasteiger partial charge in [0.05, 0.1) is 5.60 Å². The molecule has 2 fully saturated rings. The fourth-order valence-electron chi connectivity index (χ4n) is 1.90. The highest BCUT2D eigenvalue weighted by atomic mass is 16.5. The van der Waals surface area contributed by atoms with Crippen molar-refractivity contribution in [3.05, 3.63) is 0 Å². The summed E-state index contributed by atoms with van der Waals surface area (Å²) >= 11 is 0. The highest BCUT2D eigenvalue weighted by molar-refractivity contribution is 4.98. The molecule has 0 aromatic rings. The molecule has 0 bridgehead atoms. The van der Waals surface area contributed by atoms with Gasteiger partial charge in [0.15, 0.2) is 0 Å². The van der Waals surface area contributed by atoms with Crippen LogP contribution in [0.15, 0.2) is 0 Å². The van der Waals surface area contributed by atoms with Crippen molar-refractivity contribution in [2.45, 2.75) is 18.4 Å². The second-order valence-corrected chi connectivity index (χ2v) is 3.30. The molecule has 0 aliphatic carbocycles. The average molecular weight is 142 g/mol. The van der Waals surface area contributed by atoms with Crippen molar-refractivity contribution in [1.82, 2.24) is 4.90 Å². The van der Waals surface area contributed by atoms with E-state index in [1.165, 1.54) is 12.8 Å². The predicted octanol–water partition coefficient (Wildman–Crippen LogP) is -0.233. The molecule has 2 aliphatic heterocycles. The van der Waals surface area contributed by atoms with Gasteiger partial charge in [-0.15, -0.1) is 0 Å². The maximum Gasteiger partial charge on any atom is 0.0936 e. The zero-order valence-corrected chi connectivity index (χ0v) is 6.18. The summed E-state index contributed by atoms with van der Waals surface area (Å²) in [7, 11) is 0. The molecule has 0 atom stereocenters. The van der Waals surface area contributed by atoms with Crippen molar-refractivity contribution in [2.24, 2.45) is 5.73 Å². The molecular weight excluding hydrogens is 128 g/mol. The summed E-state index contributed by atoms with van der Waals surface area (Å²) < 4.78 is 5.61. The lowest BCUT2D eigenvalue weighted by atomic mass is 9.91. The Morgan fingerprint density at radius 3 is 2.80 bits per heavy atom. The zero-order valence-electron chi connectivity index (χ0n) is 6.18. The van der Waals surface area contributed by atoms with Gasteiger partial charge >= 0.3 is 0 Å². The van der Waals surface area contributed by atoms with Crippen LogP contribution in [0.1, 0.15) is 12.8 Å². The van der Waals surface area contributed by atoms with E-state index in [4.69, 9.17) is 10.5 Å². The first kappa shape index (κ1) is 6.58. The van der Waals surface area contributed by atoms with Gasteiger partial charge in [-0.1, -0.05) is 0 Å². The zero-order chi connectivity index (χ0) is 7.03. The monoisotopic (exact) mass is 142 g/mol. The molecule has 3 nitrogen and oxygen atoms in total. The van der Waals surface area contributed by atoms with Crippen LogP contribution in [0.2, 0.25) is 0 Å². The van der Waals surface area contributed by atoms with Gasteiger partial charge in [0.1, 0.15) is 0 Å². The SMILES string of the molecule is NCN1CC2(CCCO2)C1. The molecule has 2 heterocycles. The van der Waals surface area contributed by atoms with Crippen LogP contribution < -0.4 is 5.73 Å². The first-order chi connectivity index (χ1) is 4.85. The minimum absolute atomic E-state index is 0.235. The lowest BCUT2D eigenvalue weighted by molar-refractivity contribution is -0.110. The largest absolute Gasteiger partial charge is 0.372 e. The topological polar surface area (TPSA) is 38.5 Å². The second-order valence-electron chi connectivity index (χ2n) is 3.30. The van der Waals surface area contributed by atoms with E-state index in [9.17, 15) is 0 Å². The Hall–Kier alpha value is -0.120. The minimum Gasteiger partial charge on any atom is -0.372 e. The van der Waals surface area contributed by atoms with Gasteiger partial charge in [-0.2, -0.15) is 0 Å². The van der Waals surface area contributed by atoms with Crippen molar-refractivity contribution >= 4 is 0 Å². The molecule has 10 heavy (non-hydrogen) atoms. The van der Waals surface area contributed by atoms with Crippen LogP contribution in [0.4, 0.5) is 0 Å². The summed E-state index contributed by atoms with van der Waals surface area (Å²) in [6.45, 7) is 3.76. The van der Waals surface area contributed by atoms with E-state index in [2.05, 4.69) is 4.90 Å². The Morgan fingerprint density at radius 1 is 1.50 bits per heavy atom. The maximum atomic E-state index is 5.61. The maximum absolute atomic E-state index is 5.61. The molecule has 2 aliphatic rings. The van der Waals surface area contributed by atoms with Gasteiger partial charge in [0.25, 0.3) is 0 Å². The van der Waals surface area contributed by atoms with Crippen LogP contribution >= 0.6 is 0 Å². The van der Waals surface area contributed by atoms with Gasteiger partial charge in [-0.25, -0.2) is 0 Å². The van der Waals surface area contributed by atoms with E-state index >= 15 is 0 Å². The van der Waals surface area contributed by atoms with Crippen molar-refractivity contribution in [2.75, 3.05) is 26.4 Å². The van der Waals surface area contributed by atoms with E-state index < -0.39 is 0 Å². The molecule has 0 amide bonds. The summed E-state index contributed by atoms with van der Waals surface area (Å²) in [6.07, 6.45) is 2.47. The third-order valence-corrected chi connectivity index (χ3v) is 2.47. The molecule has 0 unspecified atom stereocenters. The minimum atomic E-state index is 0.235. The van der Waals surface area contributed by atoms with Crippen LogP contribution in [0.25, 0.3) is 0 Å². The molecule has 0 radical (unpaired) electrons. The Morgan fingerprint density at radius 2 is 2.30 bits per heavy atom. The molecule has 0 aromatic carbocycles. The van der Waals surface area contributed by atoms with Gasteiger partial charge in [0, 0.05) is 26.4 Å². The van der Waals surface area contributed by atoms with Crippen molar-refractivity contribution in [3.63, 3.8) is 0 Å². The van der Waals surface area contributed by atoms with E-state index in [0.29, 0.717) is 6.67 Å². The Bertz CT molecular complexity index is 124. The van der Waals surface area contributed by atoms with Crippen LogP contribution in [0.3, 0.4) is 0 Å². The first-order valence-corrected chi connectivity index (χ1v) is 3.91. The number of rotatable bonds is 1. The fourth-order valence-corrected chi connectivity index (χ4v) is 1.90. The first-order valence-electron chi connectivity index (χ1n) is 3.91. The van der Waals surface area contributed by atoms with E-state index in [1.807, 2.05) is 0 Å². The summed E-state index contributed by atoms with van der Waals surface area (Å²) in [5.41, 5.74) is 5.69. The molecular formula is C7H14N2O. The molecule has 2 rings (SSSR count). The van der Waals surface area contributed by atoms with Crippen LogP contribution in [-0.2, 0) is 4.74 Å². The van der Waals surface area contributed by atoms with Crippen molar-refractivity contribution < 1.29 is 4.74 Å². The molecule has 1 spiro atoms. The molecule has 0 aromatic heterocycles. The quantitative estimate of drug-likeness (QED) is 0.549. The molecule has 58 valence electrons. The van der Waals surface area contributed by atoms with Crippen molar-refractivity contribution in [3.8, 4) is 0 Å². The normalized spacial score (nSPS) is 30.9. The summed E-state index contributed by atoms with van der Waals surface area (Å²) in [6, 6.07) is 0. The molecule has 2 saturated heterocycles. The second kappa shape index (κ2) is 2.19. The van der Waals surface area contributed by atoms with E-state index in [1.54, 1.807) is 0 Å². The van der Waals surface area contributed by atoms with Crippen LogP contribution in [0, 0.1) is 0 Å². The van der Waals surface area contributed by atoms with Gasteiger partial charge < -0.3 is 10.5 Å². The third-order valence-electron chi connectivity index (χ3n) is 2.47. The smallest absolute Gasteiger partial charge is 0.0936 e. The lowest BCUT2D eigenvalue weighted by Gasteiger charge is -2.46. The van der Waals surface area contributed by atoms with Gasteiger partial charge in [0.2, 0.25) is 0 Å². The standard InChI is InChI=1S/C7H14N2O/c8-6-9-4-7(5-9)2-1-3-10-7/h1-6,8H2. The Labute approximate surface area is 61.1 Å². The Kier molecular flexibility index (Phi) is 1.44. The predicted molar refractivity (Wildman–Crippen MR) is 38.5 cm³/mol. The average Bonchev–Trinajstić information content (AvgIpc) is 2.30. The number of nitrogens with two attached hydrogens (primary N) is 1. The number of hydrogen-bond acceptors (Lipinski definition) is 3.